The van der Waals surface area contributed by atoms with Gasteiger partial charge in [0.25, 0.3) is 0 Å². The van der Waals surface area contributed by atoms with Gasteiger partial charge in [0.2, 0.25) is 21.8 Å². The maximum atomic E-state index is 13.0. The summed E-state index contributed by atoms with van der Waals surface area (Å²) >= 11 is 6.00. The molecule has 0 bridgehead atoms. The Hall–Kier alpha value is -2.16. The number of halogens is 1. The molecule has 2 saturated heterocycles. The number of fused-ring (bicyclic) bond motifs is 1. The van der Waals surface area contributed by atoms with Crippen LogP contribution in [0.3, 0.4) is 0 Å². The van der Waals surface area contributed by atoms with Crippen LogP contribution in [0.1, 0.15) is 33.1 Å². The second kappa shape index (κ2) is 9.00. The molecule has 0 aliphatic carbocycles. The third kappa shape index (κ3) is 4.63. The minimum atomic E-state index is -3.90. The number of carbonyl (C=O) groups excluding carboxylic acids is 2. The van der Waals surface area contributed by atoms with E-state index in [0.717, 1.165) is 23.6 Å². The van der Waals surface area contributed by atoms with Crippen LogP contribution < -0.4 is 4.72 Å². The molecule has 1 unspecified atom stereocenters. The number of hydrogen-bond acceptors (Lipinski definition) is 4. The summed E-state index contributed by atoms with van der Waals surface area (Å²) in [6.45, 7) is 5.61. The highest BCUT2D eigenvalue weighted by molar-refractivity contribution is 7.89. The summed E-state index contributed by atoms with van der Waals surface area (Å²) < 4.78 is 28.4. The summed E-state index contributed by atoms with van der Waals surface area (Å²) in [4.78, 5) is 29.3. The minimum Gasteiger partial charge on any atom is -0.341 e. The minimum absolute atomic E-state index is 0.0680. The third-order valence-corrected chi connectivity index (χ3v) is 8.12. The van der Waals surface area contributed by atoms with Crippen LogP contribution >= 0.6 is 11.6 Å². The summed E-state index contributed by atoms with van der Waals surface area (Å²) in [5, 5.41) is 2.15. The molecule has 2 heterocycles. The molecule has 4 rings (SSSR count). The summed E-state index contributed by atoms with van der Waals surface area (Å²) in [6.07, 6.45) is 2.40. The zero-order valence-corrected chi connectivity index (χ0v) is 19.8. The van der Waals surface area contributed by atoms with Crippen molar-refractivity contribution >= 4 is 44.2 Å². The van der Waals surface area contributed by atoms with Crippen LogP contribution in [0, 0.1) is 5.92 Å². The van der Waals surface area contributed by atoms with Gasteiger partial charge in [-0.3, -0.25) is 9.59 Å². The van der Waals surface area contributed by atoms with Crippen LogP contribution in [0.2, 0.25) is 5.02 Å². The number of hydrogen-bond donors (Lipinski definition) is 1. The molecule has 0 spiro atoms. The molecule has 1 N–H and O–H groups in total. The van der Waals surface area contributed by atoms with E-state index < -0.39 is 22.1 Å². The van der Waals surface area contributed by atoms with Gasteiger partial charge in [-0.05, 0) is 67.1 Å². The molecule has 9 heteroatoms. The number of rotatable bonds is 5. The van der Waals surface area contributed by atoms with Gasteiger partial charge >= 0.3 is 0 Å². The van der Waals surface area contributed by atoms with Gasteiger partial charge in [0.15, 0.2) is 0 Å². The standard InChI is InChI=1S/C23H28ClN3O4S/c1-15-4-3-10-26(14-15)22(28)16(2)27-11-9-21(23(27)29)25-32(30,31)20-8-6-17-12-19(24)7-5-18(17)13-20/h5-8,12-13,15-16,21,25H,3-4,9-11,14H2,1-2H3/t15?,16-,21-/m0/s1. The van der Waals surface area contributed by atoms with Crippen molar-refractivity contribution in [3.8, 4) is 0 Å². The fourth-order valence-corrected chi connectivity index (χ4v) is 6.04. The average molecular weight is 478 g/mol. The largest absolute Gasteiger partial charge is 0.341 e. The normalized spacial score (nSPS) is 23.0. The molecule has 2 aromatic carbocycles. The fourth-order valence-electron chi connectivity index (χ4n) is 4.60. The van der Waals surface area contributed by atoms with Gasteiger partial charge in [-0.2, -0.15) is 4.72 Å². The smallest absolute Gasteiger partial charge is 0.245 e. The van der Waals surface area contributed by atoms with E-state index in [4.69, 9.17) is 11.6 Å². The summed E-state index contributed by atoms with van der Waals surface area (Å²) in [5.74, 6) is 0.0281. The molecule has 7 nitrogen and oxygen atoms in total. The first kappa shape index (κ1) is 23.0. The molecule has 2 aromatic rings. The number of piperidine rings is 1. The molecule has 0 radical (unpaired) electrons. The van der Waals surface area contributed by atoms with E-state index in [1.807, 2.05) is 4.90 Å². The highest BCUT2D eigenvalue weighted by atomic mass is 35.5. The maximum Gasteiger partial charge on any atom is 0.245 e. The SMILES string of the molecule is CC1CCCN(C(=O)[C@H](C)N2CC[C@H](NS(=O)(=O)c3ccc4cc(Cl)ccc4c3)C2=O)C1. The highest BCUT2D eigenvalue weighted by Crippen LogP contribution is 2.25. The van der Waals surface area contributed by atoms with Crippen LogP contribution in [0.15, 0.2) is 41.3 Å². The Morgan fingerprint density at radius 3 is 2.59 bits per heavy atom. The van der Waals surface area contributed by atoms with E-state index in [2.05, 4.69) is 11.6 Å². The zero-order chi connectivity index (χ0) is 23.0. The summed E-state index contributed by atoms with van der Waals surface area (Å²) in [7, 11) is -3.90. The van der Waals surface area contributed by atoms with Crippen molar-refractivity contribution in [2.45, 2.75) is 50.1 Å². The topological polar surface area (TPSA) is 86.8 Å². The molecule has 2 fully saturated rings. The molecular formula is C23H28ClN3O4S. The molecule has 0 saturated carbocycles. The number of nitrogens with one attached hydrogen (secondary N) is 1. The van der Waals surface area contributed by atoms with Gasteiger partial charge in [0.1, 0.15) is 12.1 Å². The molecule has 172 valence electrons. The molecule has 2 aliphatic rings. The first-order chi connectivity index (χ1) is 15.2. The first-order valence-electron chi connectivity index (χ1n) is 11.0. The van der Waals surface area contributed by atoms with E-state index >= 15 is 0 Å². The second-order valence-corrected chi connectivity index (χ2v) is 11.0. The van der Waals surface area contributed by atoms with E-state index in [-0.39, 0.29) is 16.7 Å². The van der Waals surface area contributed by atoms with Crippen LogP contribution in [0.25, 0.3) is 10.8 Å². The van der Waals surface area contributed by atoms with E-state index in [1.165, 1.54) is 11.0 Å². The Morgan fingerprint density at radius 2 is 1.84 bits per heavy atom. The van der Waals surface area contributed by atoms with E-state index in [0.29, 0.717) is 37.0 Å². The lowest BCUT2D eigenvalue weighted by molar-refractivity contribution is -0.144. The number of benzene rings is 2. The lowest BCUT2D eigenvalue weighted by Gasteiger charge is -2.35. The lowest BCUT2D eigenvalue weighted by Crippen LogP contribution is -2.52. The van der Waals surface area contributed by atoms with E-state index in [9.17, 15) is 18.0 Å². The third-order valence-electron chi connectivity index (χ3n) is 6.41. The predicted octanol–water partition coefficient (Wildman–Crippen LogP) is 3.02. The molecule has 32 heavy (non-hydrogen) atoms. The molecular weight excluding hydrogens is 450 g/mol. The van der Waals surface area contributed by atoms with Gasteiger partial charge in [-0.15, -0.1) is 0 Å². The Morgan fingerprint density at radius 1 is 1.12 bits per heavy atom. The van der Waals surface area contributed by atoms with E-state index in [1.54, 1.807) is 37.3 Å². The second-order valence-electron chi connectivity index (χ2n) is 8.86. The van der Waals surface area contributed by atoms with Crippen molar-refractivity contribution in [1.29, 1.82) is 0 Å². The highest BCUT2D eigenvalue weighted by Gasteiger charge is 2.40. The fraction of sp³-hybridized carbons (Fsp3) is 0.478. The van der Waals surface area contributed by atoms with Gasteiger partial charge in [0.05, 0.1) is 4.90 Å². The maximum absolute atomic E-state index is 13.0. The molecule has 2 aliphatic heterocycles. The summed E-state index contributed by atoms with van der Waals surface area (Å²) in [6, 6.07) is 8.50. The Bertz CT molecular complexity index is 1150. The monoisotopic (exact) mass is 477 g/mol. The van der Waals surface area contributed by atoms with Crippen molar-refractivity contribution in [3.63, 3.8) is 0 Å². The van der Waals surface area contributed by atoms with Crippen LogP contribution in [0.5, 0.6) is 0 Å². The first-order valence-corrected chi connectivity index (χ1v) is 12.8. The van der Waals surface area contributed by atoms with Gasteiger partial charge in [0, 0.05) is 24.7 Å². The quantitative estimate of drug-likeness (QED) is 0.717. The van der Waals surface area contributed by atoms with Crippen LogP contribution in [0.4, 0.5) is 0 Å². The number of likely N-dealkylation sites (tertiary alicyclic amines) is 2. The molecule has 3 atom stereocenters. The Balaban J connectivity index is 1.45. The van der Waals surface area contributed by atoms with Gasteiger partial charge in [-0.1, -0.05) is 30.7 Å². The number of nitrogens with zero attached hydrogens (tertiary/aromatic N) is 2. The number of amides is 2. The molecule has 0 aromatic heterocycles. The van der Waals surface area contributed by atoms with Gasteiger partial charge in [-0.25, -0.2) is 8.42 Å². The zero-order valence-electron chi connectivity index (χ0n) is 18.3. The van der Waals surface area contributed by atoms with Crippen molar-refractivity contribution in [1.82, 2.24) is 14.5 Å². The van der Waals surface area contributed by atoms with Crippen molar-refractivity contribution in [2.75, 3.05) is 19.6 Å². The van der Waals surface area contributed by atoms with Crippen molar-refractivity contribution < 1.29 is 18.0 Å². The van der Waals surface area contributed by atoms with Crippen molar-refractivity contribution in [3.05, 3.63) is 41.4 Å². The lowest BCUT2D eigenvalue weighted by atomic mass is 9.99. The number of carbonyl (C=O) groups is 2. The predicted molar refractivity (Wildman–Crippen MR) is 124 cm³/mol. The average Bonchev–Trinajstić information content (AvgIpc) is 3.11. The summed E-state index contributed by atoms with van der Waals surface area (Å²) in [5.41, 5.74) is 0. The van der Waals surface area contributed by atoms with Crippen LogP contribution in [-0.2, 0) is 19.6 Å². The van der Waals surface area contributed by atoms with Gasteiger partial charge < -0.3 is 9.80 Å². The Kier molecular flexibility index (Phi) is 6.47. The number of sulfonamides is 1. The van der Waals surface area contributed by atoms with Crippen molar-refractivity contribution in [2.24, 2.45) is 5.92 Å². The van der Waals surface area contributed by atoms with Crippen LogP contribution in [-0.4, -0.2) is 61.7 Å². The molecule has 2 amide bonds. The Labute approximate surface area is 193 Å².